The van der Waals surface area contributed by atoms with Gasteiger partial charge in [-0.1, -0.05) is 17.7 Å². The minimum Gasteiger partial charge on any atom is -0.435 e. The molecule has 1 rings (SSSR count). The summed E-state index contributed by atoms with van der Waals surface area (Å²) in [5.74, 6) is -0.588. The zero-order chi connectivity index (χ0) is 10.6. The van der Waals surface area contributed by atoms with Crippen LogP contribution in [0.15, 0.2) is 18.2 Å². The van der Waals surface area contributed by atoms with Crippen molar-refractivity contribution >= 4 is 23.3 Å². The van der Waals surface area contributed by atoms with Gasteiger partial charge in [0.05, 0.1) is 5.02 Å². The highest BCUT2D eigenvalue weighted by Crippen LogP contribution is 2.22. The van der Waals surface area contributed by atoms with Crippen molar-refractivity contribution in [3.05, 3.63) is 28.8 Å². The first-order valence-electron chi connectivity index (χ1n) is 3.87. The Kier molecular flexibility index (Phi) is 3.73. The number of benzene rings is 1. The fraction of sp³-hybridized carbons (Fsp3) is 0.222. The lowest BCUT2D eigenvalue weighted by Gasteiger charge is -2.07. The fourth-order valence-electron chi connectivity index (χ4n) is 0.941. The van der Waals surface area contributed by atoms with Crippen LogP contribution in [0, 0.1) is 0 Å². The van der Waals surface area contributed by atoms with Gasteiger partial charge in [-0.05, 0) is 12.1 Å². The van der Waals surface area contributed by atoms with E-state index in [1.165, 1.54) is 7.11 Å². The van der Waals surface area contributed by atoms with Gasteiger partial charge in [0.15, 0.2) is 6.79 Å². The molecule has 1 aromatic carbocycles. The lowest BCUT2D eigenvalue weighted by atomic mass is 10.2. The largest absolute Gasteiger partial charge is 0.435 e. The van der Waals surface area contributed by atoms with Crippen molar-refractivity contribution in [2.45, 2.75) is 0 Å². The van der Waals surface area contributed by atoms with Gasteiger partial charge < -0.3 is 15.2 Å². The van der Waals surface area contributed by atoms with E-state index >= 15 is 0 Å². The van der Waals surface area contributed by atoms with Gasteiger partial charge in [0.1, 0.15) is 5.56 Å². The Morgan fingerprint density at radius 2 is 2.29 bits per heavy atom. The van der Waals surface area contributed by atoms with E-state index in [1.807, 2.05) is 0 Å². The van der Waals surface area contributed by atoms with Crippen LogP contribution in [-0.2, 0) is 9.47 Å². The highest BCUT2D eigenvalue weighted by atomic mass is 35.5. The molecule has 0 atom stereocenters. The van der Waals surface area contributed by atoms with Crippen molar-refractivity contribution in [1.82, 2.24) is 0 Å². The van der Waals surface area contributed by atoms with E-state index in [0.717, 1.165) is 0 Å². The third kappa shape index (κ3) is 2.37. The number of nitrogens with two attached hydrogens (primary N) is 1. The predicted molar refractivity (Wildman–Crippen MR) is 53.2 cm³/mol. The van der Waals surface area contributed by atoms with Gasteiger partial charge >= 0.3 is 5.97 Å². The van der Waals surface area contributed by atoms with Crippen molar-refractivity contribution in [2.75, 3.05) is 19.6 Å². The minimum absolute atomic E-state index is 0.122. The fourth-order valence-corrected chi connectivity index (χ4v) is 1.20. The summed E-state index contributed by atoms with van der Waals surface area (Å²) >= 11 is 5.78. The molecular weight excluding hydrogens is 206 g/mol. The molecule has 2 N–H and O–H groups in total. The molecule has 0 amide bonds. The lowest BCUT2D eigenvalue weighted by molar-refractivity contribution is -0.0123. The summed E-state index contributed by atoms with van der Waals surface area (Å²) in [4.78, 5) is 11.4. The number of nitrogen functional groups attached to an aromatic ring is 1. The summed E-state index contributed by atoms with van der Waals surface area (Å²) in [6.07, 6.45) is 0. The first-order valence-corrected chi connectivity index (χ1v) is 4.24. The molecule has 0 radical (unpaired) electrons. The second-order valence-corrected chi connectivity index (χ2v) is 2.95. The SMILES string of the molecule is COCOC(=O)c1c(N)cccc1Cl. The van der Waals surface area contributed by atoms with Crippen molar-refractivity contribution in [1.29, 1.82) is 0 Å². The van der Waals surface area contributed by atoms with E-state index in [2.05, 4.69) is 4.74 Å². The number of anilines is 1. The Balaban J connectivity index is 2.89. The molecule has 1 aromatic rings. The molecule has 0 fully saturated rings. The number of halogens is 1. The van der Waals surface area contributed by atoms with E-state index in [-0.39, 0.29) is 17.4 Å². The maximum absolute atomic E-state index is 11.4. The Hall–Kier alpha value is -1.26. The molecule has 0 saturated heterocycles. The van der Waals surface area contributed by atoms with Crippen LogP contribution in [0.5, 0.6) is 0 Å². The summed E-state index contributed by atoms with van der Waals surface area (Å²) in [7, 11) is 1.42. The van der Waals surface area contributed by atoms with E-state index < -0.39 is 5.97 Å². The molecule has 4 nitrogen and oxygen atoms in total. The predicted octanol–water partition coefficient (Wildman–Crippen LogP) is 1.68. The third-order valence-corrected chi connectivity index (χ3v) is 1.87. The Morgan fingerprint density at radius 3 is 2.86 bits per heavy atom. The number of esters is 1. The average Bonchev–Trinajstić information content (AvgIpc) is 2.14. The van der Waals surface area contributed by atoms with Gasteiger partial charge in [-0.3, -0.25) is 0 Å². The monoisotopic (exact) mass is 215 g/mol. The molecule has 5 heteroatoms. The Morgan fingerprint density at radius 1 is 1.57 bits per heavy atom. The Bertz CT molecular complexity index is 321. The standard InChI is InChI=1S/C9H10ClNO3/c1-13-5-14-9(12)8-6(10)3-2-4-7(8)11/h2-4H,5,11H2,1H3. The molecule has 0 spiro atoms. The number of hydrogen-bond donors (Lipinski definition) is 1. The van der Waals surface area contributed by atoms with Crippen LogP contribution in [0.2, 0.25) is 5.02 Å². The topological polar surface area (TPSA) is 61.5 Å². The molecule has 0 aliphatic rings. The highest BCUT2D eigenvalue weighted by Gasteiger charge is 2.14. The quantitative estimate of drug-likeness (QED) is 0.474. The van der Waals surface area contributed by atoms with Crippen LogP contribution in [0.25, 0.3) is 0 Å². The van der Waals surface area contributed by atoms with Crippen molar-refractivity contribution in [3.63, 3.8) is 0 Å². The maximum Gasteiger partial charge on any atom is 0.343 e. The van der Waals surface area contributed by atoms with Crippen LogP contribution in [0.4, 0.5) is 5.69 Å². The Labute approximate surface area is 86.6 Å². The molecule has 0 saturated carbocycles. The van der Waals surface area contributed by atoms with Crippen molar-refractivity contribution in [2.24, 2.45) is 0 Å². The van der Waals surface area contributed by atoms with Crippen LogP contribution >= 0.6 is 11.6 Å². The van der Waals surface area contributed by atoms with Crippen LogP contribution < -0.4 is 5.73 Å². The smallest absolute Gasteiger partial charge is 0.343 e. The average molecular weight is 216 g/mol. The van der Waals surface area contributed by atoms with E-state index in [0.29, 0.717) is 5.69 Å². The lowest BCUT2D eigenvalue weighted by Crippen LogP contribution is -2.10. The summed E-state index contributed by atoms with van der Waals surface area (Å²) in [5.41, 5.74) is 6.03. The minimum atomic E-state index is -0.588. The highest BCUT2D eigenvalue weighted by molar-refractivity contribution is 6.34. The number of hydrogen-bond acceptors (Lipinski definition) is 4. The zero-order valence-electron chi connectivity index (χ0n) is 7.62. The second kappa shape index (κ2) is 4.83. The van der Waals surface area contributed by atoms with E-state index in [4.69, 9.17) is 22.1 Å². The molecule has 14 heavy (non-hydrogen) atoms. The van der Waals surface area contributed by atoms with Gasteiger partial charge in [0, 0.05) is 12.8 Å². The summed E-state index contributed by atoms with van der Waals surface area (Å²) in [5, 5.41) is 0.270. The van der Waals surface area contributed by atoms with Gasteiger partial charge in [-0.25, -0.2) is 4.79 Å². The van der Waals surface area contributed by atoms with Crippen LogP contribution in [-0.4, -0.2) is 19.9 Å². The first-order chi connectivity index (χ1) is 6.66. The van der Waals surface area contributed by atoms with Crippen molar-refractivity contribution in [3.8, 4) is 0 Å². The molecule has 76 valence electrons. The number of methoxy groups -OCH3 is 1. The van der Waals surface area contributed by atoms with Gasteiger partial charge in [-0.2, -0.15) is 0 Å². The normalized spacial score (nSPS) is 9.86. The maximum atomic E-state index is 11.4. The summed E-state index contributed by atoms with van der Waals surface area (Å²) in [6, 6.07) is 4.81. The second-order valence-electron chi connectivity index (χ2n) is 2.54. The molecular formula is C9H10ClNO3. The number of carbonyl (C=O) groups excluding carboxylic acids is 1. The van der Waals surface area contributed by atoms with Gasteiger partial charge in [-0.15, -0.1) is 0 Å². The zero-order valence-corrected chi connectivity index (χ0v) is 8.38. The molecule has 0 aliphatic heterocycles. The molecule has 0 unspecified atom stereocenters. The van der Waals surface area contributed by atoms with Crippen LogP contribution in [0.3, 0.4) is 0 Å². The van der Waals surface area contributed by atoms with Crippen molar-refractivity contribution < 1.29 is 14.3 Å². The molecule has 0 aliphatic carbocycles. The van der Waals surface area contributed by atoms with E-state index in [9.17, 15) is 4.79 Å². The molecule has 0 aromatic heterocycles. The number of ether oxygens (including phenoxy) is 2. The van der Waals surface area contributed by atoms with Crippen LogP contribution in [0.1, 0.15) is 10.4 Å². The molecule has 0 heterocycles. The first kappa shape index (κ1) is 10.8. The van der Waals surface area contributed by atoms with E-state index in [1.54, 1.807) is 18.2 Å². The van der Waals surface area contributed by atoms with Gasteiger partial charge in [0.25, 0.3) is 0 Å². The van der Waals surface area contributed by atoms with Gasteiger partial charge in [0.2, 0.25) is 0 Å². The third-order valence-electron chi connectivity index (χ3n) is 1.56. The molecule has 0 bridgehead atoms. The number of rotatable bonds is 3. The summed E-state index contributed by atoms with van der Waals surface area (Å²) < 4.78 is 9.30. The summed E-state index contributed by atoms with van der Waals surface area (Å²) in [6.45, 7) is -0.122. The number of carbonyl (C=O) groups is 1.